The first kappa shape index (κ1) is 22.5. The van der Waals surface area contributed by atoms with Gasteiger partial charge in [0.1, 0.15) is 0 Å². The van der Waals surface area contributed by atoms with Crippen LogP contribution >= 0.6 is 23.4 Å². The standard InChI is InChI=1S/C23H18ClN5O3S/c24-20-12-5-4-11-19(20)22-26-27-23(28(22)14-16-7-2-1-3-8-16)33-15-21(30)25-17-9-6-10-18(13-17)29(31)32/h1-13H,14-15H2,(H,25,30). The van der Waals surface area contributed by atoms with Gasteiger partial charge >= 0.3 is 0 Å². The number of rotatable bonds is 8. The van der Waals surface area contributed by atoms with Gasteiger partial charge in [0.2, 0.25) is 5.91 Å². The number of thioether (sulfide) groups is 1. The lowest BCUT2D eigenvalue weighted by Gasteiger charge is -2.11. The molecule has 0 unspecified atom stereocenters. The van der Waals surface area contributed by atoms with Gasteiger partial charge in [-0.05, 0) is 23.8 Å². The van der Waals surface area contributed by atoms with Gasteiger partial charge in [0.25, 0.3) is 5.69 Å². The molecule has 0 aliphatic heterocycles. The van der Waals surface area contributed by atoms with E-state index in [1.165, 1.54) is 30.0 Å². The first-order chi connectivity index (χ1) is 16.0. The molecule has 1 heterocycles. The molecular formula is C23H18ClN5O3S. The molecule has 3 aromatic carbocycles. The van der Waals surface area contributed by atoms with E-state index in [1.54, 1.807) is 12.1 Å². The summed E-state index contributed by atoms with van der Waals surface area (Å²) < 4.78 is 1.92. The maximum atomic E-state index is 12.5. The minimum Gasteiger partial charge on any atom is -0.325 e. The number of nitro benzene ring substituents is 1. The van der Waals surface area contributed by atoms with Crippen LogP contribution in [-0.4, -0.2) is 31.3 Å². The van der Waals surface area contributed by atoms with Crippen LogP contribution in [0, 0.1) is 10.1 Å². The minimum atomic E-state index is -0.507. The molecular weight excluding hydrogens is 462 g/mol. The highest BCUT2D eigenvalue weighted by Gasteiger charge is 2.18. The third kappa shape index (κ3) is 5.57. The number of carbonyl (C=O) groups excluding carboxylic acids is 1. The van der Waals surface area contributed by atoms with Crippen molar-refractivity contribution in [3.8, 4) is 11.4 Å². The molecule has 1 N–H and O–H groups in total. The molecule has 4 aromatic rings. The lowest BCUT2D eigenvalue weighted by Crippen LogP contribution is -2.15. The Morgan fingerprint density at radius 2 is 1.79 bits per heavy atom. The third-order valence-corrected chi connectivity index (χ3v) is 5.98. The van der Waals surface area contributed by atoms with Crippen molar-refractivity contribution in [2.75, 3.05) is 11.1 Å². The lowest BCUT2D eigenvalue weighted by atomic mass is 10.2. The van der Waals surface area contributed by atoms with Crippen molar-refractivity contribution in [2.45, 2.75) is 11.7 Å². The Bertz CT molecular complexity index is 1300. The maximum absolute atomic E-state index is 12.5. The maximum Gasteiger partial charge on any atom is 0.271 e. The summed E-state index contributed by atoms with van der Waals surface area (Å²) >= 11 is 7.62. The van der Waals surface area contributed by atoms with Crippen LogP contribution in [-0.2, 0) is 11.3 Å². The summed E-state index contributed by atoms with van der Waals surface area (Å²) in [6, 6.07) is 23.0. The molecule has 1 aromatic heterocycles. The number of halogens is 1. The number of non-ortho nitro benzene ring substituents is 1. The summed E-state index contributed by atoms with van der Waals surface area (Å²) in [6.07, 6.45) is 0. The zero-order chi connectivity index (χ0) is 23.2. The lowest BCUT2D eigenvalue weighted by molar-refractivity contribution is -0.384. The molecule has 0 bridgehead atoms. The van der Waals surface area contributed by atoms with E-state index in [4.69, 9.17) is 11.6 Å². The molecule has 10 heteroatoms. The summed E-state index contributed by atoms with van der Waals surface area (Å²) in [4.78, 5) is 22.9. The second kappa shape index (κ2) is 10.3. The number of nitro groups is 1. The quantitative estimate of drug-likeness (QED) is 0.209. The van der Waals surface area contributed by atoms with Gasteiger partial charge in [0.15, 0.2) is 11.0 Å². The van der Waals surface area contributed by atoms with Crippen LogP contribution in [0.15, 0.2) is 84.0 Å². The normalized spacial score (nSPS) is 10.7. The monoisotopic (exact) mass is 479 g/mol. The molecule has 33 heavy (non-hydrogen) atoms. The Morgan fingerprint density at radius 3 is 2.55 bits per heavy atom. The van der Waals surface area contributed by atoms with Gasteiger partial charge in [0, 0.05) is 23.4 Å². The Morgan fingerprint density at radius 1 is 1.03 bits per heavy atom. The fourth-order valence-electron chi connectivity index (χ4n) is 3.17. The van der Waals surface area contributed by atoms with Crippen molar-refractivity contribution in [3.05, 3.63) is 99.6 Å². The molecule has 0 aliphatic carbocycles. The smallest absolute Gasteiger partial charge is 0.271 e. The Labute approximate surface area is 198 Å². The van der Waals surface area contributed by atoms with Gasteiger partial charge in [-0.2, -0.15) is 0 Å². The molecule has 0 radical (unpaired) electrons. The van der Waals surface area contributed by atoms with E-state index in [1.807, 2.05) is 53.1 Å². The number of nitrogens with zero attached hydrogens (tertiary/aromatic N) is 4. The molecule has 0 fully saturated rings. The van der Waals surface area contributed by atoms with Gasteiger partial charge in [-0.1, -0.05) is 71.9 Å². The van der Waals surface area contributed by atoms with Crippen LogP contribution in [0.1, 0.15) is 5.56 Å². The van der Waals surface area contributed by atoms with Crippen LogP contribution < -0.4 is 5.32 Å². The van der Waals surface area contributed by atoms with E-state index < -0.39 is 4.92 Å². The number of benzene rings is 3. The highest BCUT2D eigenvalue weighted by Crippen LogP contribution is 2.30. The van der Waals surface area contributed by atoms with Crippen molar-refractivity contribution >= 4 is 40.6 Å². The Kier molecular flexibility index (Phi) is 7.01. The van der Waals surface area contributed by atoms with Crippen molar-refractivity contribution in [2.24, 2.45) is 0 Å². The second-order valence-electron chi connectivity index (χ2n) is 7.00. The molecule has 0 saturated carbocycles. The predicted octanol–water partition coefficient (Wildman–Crippen LogP) is 5.29. The summed E-state index contributed by atoms with van der Waals surface area (Å²) in [5.41, 5.74) is 2.06. The molecule has 0 aliphatic rings. The second-order valence-corrected chi connectivity index (χ2v) is 8.35. The van der Waals surface area contributed by atoms with Crippen LogP contribution in [0.4, 0.5) is 11.4 Å². The van der Waals surface area contributed by atoms with Crippen molar-refractivity contribution in [1.82, 2.24) is 14.8 Å². The largest absolute Gasteiger partial charge is 0.325 e. The van der Waals surface area contributed by atoms with Crippen LogP contribution in [0.2, 0.25) is 5.02 Å². The van der Waals surface area contributed by atoms with E-state index in [9.17, 15) is 14.9 Å². The van der Waals surface area contributed by atoms with E-state index in [0.29, 0.717) is 28.2 Å². The average molecular weight is 480 g/mol. The van der Waals surface area contributed by atoms with Crippen molar-refractivity contribution in [1.29, 1.82) is 0 Å². The van der Waals surface area contributed by atoms with Crippen LogP contribution in [0.25, 0.3) is 11.4 Å². The number of carbonyl (C=O) groups is 1. The third-order valence-electron chi connectivity index (χ3n) is 4.69. The molecule has 0 saturated heterocycles. The topological polar surface area (TPSA) is 103 Å². The summed E-state index contributed by atoms with van der Waals surface area (Å²) in [7, 11) is 0. The first-order valence-corrected chi connectivity index (χ1v) is 11.3. The van der Waals surface area contributed by atoms with Gasteiger partial charge < -0.3 is 5.32 Å². The Balaban J connectivity index is 1.54. The van der Waals surface area contributed by atoms with Crippen LogP contribution in [0.3, 0.4) is 0 Å². The number of hydrogen-bond acceptors (Lipinski definition) is 6. The van der Waals surface area contributed by atoms with Crippen LogP contribution in [0.5, 0.6) is 0 Å². The van der Waals surface area contributed by atoms with E-state index >= 15 is 0 Å². The summed E-state index contributed by atoms with van der Waals surface area (Å²) in [5.74, 6) is 0.345. The van der Waals surface area contributed by atoms with Gasteiger partial charge in [-0.15, -0.1) is 10.2 Å². The van der Waals surface area contributed by atoms with E-state index in [0.717, 1.165) is 11.1 Å². The minimum absolute atomic E-state index is 0.0537. The highest BCUT2D eigenvalue weighted by atomic mass is 35.5. The van der Waals surface area contributed by atoms with E-state index in [2.05, 4.69) is 15.5 Å². The fraction of sp³-hybridized carbons (Fsp3) is 0.0870. The van der Waals surface area contributed by atoms with Gasteiger partial charge in [-0.25, -0.2) is 0 Å². The molecule has 166 valence electrons. The SMILES string of the molecule is O=C(CSc1nnc(-c2ccccc2Cl)n1Cc1ccccc1)Nc1cccc([N+](=O)[O-])c1. The number of aromatic nitrogens is 3. The molecule has 8 nitrogen and oxygen atoms in total. The number of nitrogens with one attached hydrogen (secondary N) is 1. The van der Waals surface area contributed by atoms with Crippen molar-refractivity contribution < 1.29 is 9.72 Å². The molecule has 1 amide bonds. The fourth-order valence-corrected chi connectivity index (χ4v) is 4.13. The summed E-state index contributed by atoms with van der Waals surface area (Å²) in [6.45, 7) is 0.503. The molecule has 0 atom stereocenters. The van der Waals surface area contributed by atoms with E-state index in [-0.39, 0.29) is 17.3 Å². The van der Waals surface area contributed by atoms with Crippen molar-refractivity contribution in [3.63, 3.8) is 0 Å². The van der Waals surface area contributed by atoms with Gasteiger partial charge in [-0.3, -0.25) is 19.5 Å². The number of anilines is 1. The number of amides is 1. The molecule has 0 spiro atoms. The highest BCUT2D eigenvalue weighted by molar-refractivity contribution is 7.99. The first-order valence-electron chi connectivity index (χ1n) is 9.90. The average Bonchev–Trinajstić information content (AvgIpc) is 3.21. The summed E-state index contributed by atoms with van der Waals surface area (Å²) in [5, 5.41) is 23.4. The number of hydrogen-bond donors (Lipinski definition) is 1. The zero-order valence-electron chi connectivity index (χ0n) is 17.2. The Hall–Kier alpha value is -3.69. The predicted molar refractivity (Wildman–Crippen MR) is 128 cm³/mol. The van der Waals surface area contributed by atoms with Gasteiger partial charge in [0.05, 0.1) is 22.2 Å². The zero-order valence-corrected chi connectivity index (χ0v) is 18.8. The molecule has 4 rings (SSSR count).